The molecular formula is C21H36N4O10P2. The van der Waals surface area contributed by atoms with Gasteiger partial charge in [0.1, 0.15) is 12.2 Å². The van der Waals surface area contributed by atoms with Gasteiger partial charge in [-0.3, -0.25) is 24.4 Å². The van der Waals surface area contributed by atoms with Crippen LogP contribution in [0, 0.1) is 18.3 Å². The molecule has 0 saturated carbocycles. The molecule has 0 aromatic carbocycles. The zero-order valence-corrected chi connectivity index (χ0v) is 23.3. The maximum atomic E-state index is 13.1. The lowest BCUT2D eigenvalue weighted by molar-refractivity contribution is -0.0781. The number of ether oxygens (including phenoxy) is 3. The summed E-state index contributed by atoms with van der Waals surface area (Å²) in [5, 5.41) is 8.77. The van der Waals surface area contributed by atoms with Crippen LogP contribution in [0.5, 0.6) is 0 Å². The molecule has 1 unspecified atom stereocenters. The van der Waals surface area contributed by atoms with Crippen LogP contribution in [0.1, 0.15) is 38.5 Å². The minimum Gasteiger partial charge on any atom is -0.382 e. The molecule has 0 aliphatic carbocycles. The Morgan fingerprint density at radius 2 is 1.92 bits per heavy atom. The Hall–Kier alpha value is -1.49. The summed E-state index contributed by atoms with van der Waals surface area (Å²) in [5.74, 6) is 0. The summed E-state index contributed by atoms with van der Waals surface area (Å²) in [6.07, 6.45) is -1.87. The van der Waals surface area contributed by atoms with Crippen LogP contribution in [-0.4, -0.2) is 74.2 Å². The summed E-state index contributed by atoms with van der Waals surface area (Å²) in [7, 11) is -3.86. The third-order valence-electron chi connectivity index (χ3n) is 5.30. The van der Waals surface area contributed by atoms with E-state index in [1.165, 1.54) is 17.9 Å². The molecule has 1 aromatic heterocycles. The van der Waals surface area contributed by atoms with Crippen molar-refractivity contribution in [2.75, 3.05) is 46.3 Å². The fourth-order valence-corrected chi connectivity index (χ4v) is 6.21. The first kappa shape index (κ1) is 31.7. The molecule has 5 atom stereocenters. The SMILES string of the molecule is CCOP(=O)(CC[C@H]1O[C@@H](n2cc(C)c(=O)[nH]c2=O)[C@H](OCCOC)[C@@H]1OP(N)OCCC#N)OCC. The first-order valence-corrected chi connectivity index (χ1v) is 14.8. The minimum absolute atomic E-state index is 0.00799. The van der Waals surface area contributed by atoms with Gasteiger partial charge in [0.05, 0.1) is 57.8 Å². The van der Waals surface area contributed by atoms with Gasteiger partial charge in [-0.2, -0.15) is 5.26 Å². The predicted octanol–water partition coefficient (Wildman–Crippen LogP) is 1.93. The quantitative estimate of drug-likeness (QED) is 0.206. The molecule has 3 N–H and O–H groups in total. The number of nitriles is 1. The highest BCUT2D eigenvalue weighted by atomic mass is 31.2. The largest absolute Gasteiger partial charge is 0.382 e. The summed E-state index contributed by atoms with van der Waals surface area (Å²) in [6.45, 7) is 5.83. The first-order valence-electron chi connectivity index (χ1n) is 11.9. The molecule has 16 heteroatoms. The average Bonchev–Trinajstić information content (AvgIpc) is 3.17. The molecule has 2 heterocycles. The molecule has 2 rings (SSSR count). The van der Waals surface area contributed by atoms with Gasteiger partial charge in [-0.25, -0.2) is 4.79 Å². The summed E-state index contributed by atoms with van der Waals surface area (Å²) in [6, 6.07) is 1.96. The highest BCUT2D eigenvalue weighted by Gasteiger charge is 2.49. The average molecular weight is 566 g/mol. The van der Waals surface area contributed by atoms with E-state index in [4.69, 9.17) is 43.1 Å². The van der Waals surface area contributed by atoms with Gasteiger partial charge in [0.15, 0.2) is 6.23 Å². The fraction of sp³-hybridized carbons (Fsp3) is 0.762. The van der Waals surface area contributed by atoms with E-state index in [0.717, 1.165) is 0 Å². The van der Waals surface area contributed by atoms with Crippen molar-refractivity contribution in [2.45, 2.75) is 58.2 Å². The number of aromatic amines is 1. The van der Waals surface area contributed by atoms with E-state index in [9.17, 15) is 14.2 Å². The number of aryl methyl sites for hydroxylation is 1. The number of aromatic nitrogens is 2. The normalized spacial score (nSPS) is 22.7. The highest BCUT2D eigenvalue weighted by Crippen LogP contribution is 2.50. The maximum absolute atomic E-state index is 13.1. The van der Waals surface area contributed by atoms with E-state index in [-0.39, 0.29) is 57.6 Å². The van der Waals surface area contributed by atoms with Gasteiger partial charge in [0.2, 0.25) is 0 Å². The molecule has 0 bridgehead atoms. The zero-order valence-electron chi connectivity index (χ0n) is 21.5. The third-order valence-corrected chi connectivity index (χ3v) is 8.30. The Labute approximate surface area is 216 Å². The molecule has 210 valence electrons. The Morgan fingerprint density at radius 3 is 2.54 bits per heavy atom. The van der Waals surface area contributed by atoms with Gasteiger partial charge in [-0.1, -0.05) is 0 Å². The Kier molecular flexibility index (Phi) is 13.6. The van der Waals surface area contributed by atoms with Crippen molar-refractivity contribution in [2.24, 2.45) is 5.50 Å². The van der Waals surface area contributed by atoms with Crippen LogP contribution in [-0.2, 0) is 36.9 Å². The van der Waals surface area contributed by atoms with Crippen molar-refractivity contribution >= 4 is 16.1 Å². The molecule has 37 heavy (non-hydrogen) atoms. The lowest BCUT2D eigenvalue weighted by atomic mass is 10.1. The molecule has 1 aliphatic heterocycles. The van der Waals surface area contributed by atoms with Crippen molar-refractivity contribution in [1.82, 2.24) is 9.55 Å². The van der Waals surface area contributed by atoms with Crippen LogP contribution in [0.2, 0.25) is 0 Å². The van der Waals surface area contributed by atoms with Gasteiger partial charge >= 0.3 is 13.3 Å². The highest BCUT2D eigenvalue weighted by molar-refractivity contribution is 7.53. The zero-order chi connectivity index (χ0) is 27.4. The van der Waals surface area contributed by atoms with Crippen molar-refractivity contribution < 1.29 is 36.9 Å². The van der Waals surface area contributed by atoms with Gasteiger partial charge in [0, 0.05) is 18.9 Å². The molecule has 1 aliphatic rings. The fourth-order valence-electron chi connectivity index (χ4n) is 3.69. The lowest BCUT2D eigenvalue weighted by Gasteiger charge is -2.27. The summed E-state index contributed by atoms with van der Waals surface area (Å²) < 4.78 is 53.9. The van der Waals surface area contributed by atoms with Crippen LogP contribution in [0.25, 0.3) is 0 Å². The monoisotopic (exact) mass is 566 g/mol. The van der Waals surface area contributed by atoms with E-state index < -0.39 is 51.9 Å². The van der Waals surface area contributed by atoms with Crippen molar-refractivity contribution in [3.05, 3.63) is 32.6 Å². The molecular weight excluding hydrogens is 530 g/mol. The molecule has 0 amide bonds. The Balaban J connectivity index is 2.40. The minimum atomic E-state index is -3.42. The second-order valence-electron chi connectivity index (χ2n) is 7.93. The number of nitrogens with one attached hydrogen (secondary N) is 1. The van der Waals surface area contributed by atoms with Crippen molar-refractivity contribution in [1.29, 1.82) is 5.26 Å². The van der Waals surface area contributed by atoms with Gasteiger partial charge < -0.3 is 32.3 Å². The standard InChI is InChI=1S/C21H36N4O10P2/c1-5-32-37(28,33-6-2)13-8-16-17(35-36(23)31-10-7-9-22)18(30-12-11-29-4)20(34-16)25-14-15(3)19(26)24-21(25)27/h14,16-18,20H,5-8,10-13,23H2,1-4H3,(H,24,26,27)/t16-,17-,18-,20-,36?/m1/s1. The number of nitrogens with two attached hydrogens (primary N) is 1. The van der Waals surface area contributed by atoms with E-state index in [0.29, 0.717) is 0 Å². The number of methoxy groups -OCH3 is 1. The number of hydrogen-bond donors (Lipinski definition) is 2. The van der Waals surface area contributed by atoms with Gasteiger partial charge in [-0.15, -0.1) is 0 Å². The van der Waals surface area contributed by atoms with Gasteiger partial charge in [-0.05, 0) is 27.2 Å². The van der Waals surface area contributed by atoms with E-state index in [1.54, 1.807) is 20.8 Å². The maximum Gasteiger partial charge on any atom is 0.330 e. The Morgan fingerprint density at radius 1 is 1.22 bits per heavy atom. The predicted molar refractivity (Wildman–Crippen MR) is 134 cm³/mol. The smallest absolute Gasteiger partial charge is 0.330 e. The van der Waals surface area contributed by atoms with Crippen LogP contribution < -0.4 is 16.8 Å². The number of rotatable bonds is 17. The van der Waals surface area contributed by atoms with Crippen LogP contribution in [0.15, 0.2) is 15.8 Å². The summed E-state index contributed by atoms with van der Waals surface area (Å²) in [4.78, 5) is 26.9. The molecule has 0 radical (unpaired) electrons. The third kappa shape index (κ3) is 9.33. The molecule has 14 nitrogen and oxygen atoms in total. The number of hydrogen-bond acceptors (Lipinski definition) is 12. The first-order chi connectivity index (χ1) is 17.7. The second-order valence-corrected chi connectivity index (χ2v) is 11.2. The van der Waals surface area contributed by atoms with E-state index in [1.807, 2.05) is 6.07 Å². The van der Waals surface area contributed by atoms with Crippen LogP contribution >= 0.6 is 16.1 Å². The second kappa shape index (κ2) is 15.8. The van der Waals surface area contributed by atoms with Crippen LogP contribution in [0.4, 0.5) is 0 Å². The molecule has 1 aromatic rings. The van der Waals surface area contributed by atoms with Crippen LogP contribution in [0.3, 0.4) is 0 Å². The molecule has 1 saturated heterocycles. The lowest BCUT2D eigenvalue weighted by Crippen LogP contribution is -2.41. The molecule has 0 spiro atoms. The van der Waals surface area contributed by atoms with Crippen molar-refractivity contribution in [3.63, 3.8) is 0 Å². The summed E-state index contributed by atoms with van der Waals surface area (Å²) in [5.41, 5.74) is 5.13. The van der Waals surface area contributed by atoms with E-state index in [2.05, 4.69) is 4.98 Å². The topological polar surface area (TPSA) is 186 Å². The number of H-pyrrole nitrogens is 1. The summed E-state index contributed by atoms with van der Waals surface area (Å²) >= 11 is 0. The van der Waals surface area contributed by atoms with E-state index >= 15 is 0 Å². The van der Waals surface area contributed by atoms with Gasteiger partial charge in [0.25, 0.3) is 14.1 Å². The number of nitrogens with zero attached hydrogens (tertiary/aromatic N) is 2. The Bertz CT molecular complexity index is 1040. The van der Waals surface area contributed by atoms with Crippen molar-refractivity contribution in [3.8, 4) is 6.07 Å². The molecule has 1 fully saturated rings.